The summed E-state index contributed by atoms with van der Waals surface area (Å²) in [5, 5.41) is 2.90. The van der Waals surface area contributed by atoms with E-state index in [1.807, 2.05) is 30.3 Å². The number of nitrogens with zero attached hydrogens (tertiary/aromatic N) is 2. The summed E-state index contributed by atoms with van der Waals surface area (Å²) in [6.45, 7) is 0.447. The molecule has 3 amide bonds. The first-order valence-electron chi connectivity index (χ1n) is 11.0. The number of ether oxygens (including phenoxy) is 2. The van der Waals surface area contributed by atoms with Crippen LogP contribution in [0.5, 0.6) is 0 Å². The van der Waals surface area contributed by atoms with Crippen LogP contribution in [0.3, 0.4) is 0 Å². The third kappa shape index (κ3) is 4.98. The molecule has 3 N–H and O–H groups in total. The van der Waals surface area contributed by atoms with Crippen LogP contribution in [0, 0.1) is 5.92 Å². The van der Waals surface area contributed by atoms with E-state index in [0.717, 1.165) is 35.3 Å². The number of anilines is 1. The lowest BCUT2D eigenvalue weighted by atomic mass is 9.82. The zero-order valence-electron chi connectivity index (χ0n) is 18.5. The van der Waals surface area contributed by atoms with Crippen molar-refractivity contribution in [2.75, 3.05) is 12.8 Å². The fourth-order valence-electron chi connectivity index (χ4n) is 4.54. The molecule has 0 spiro atoms. The second-order valence-electron chi connectivity index (χ2n) is 8.40. The number of carbonyl (C=O) groups excluding carboxylic acids is 3. The van der Waals surface area contributed by atoms with Crippen LogP contribution in [0.15, 0.2) is 48.7 Å². The van der Waals surface area contributed by atoms with Gasteiger partial charge in [-0.15, -0.1) is 0 Å². The molecule has 2 aliphatic rings. The molecule has 9 heteroatoms. The van der Waals surface area contributed by atoms with Crippen molar-refractivity contribution in [1.82, 2.24) is 15.2 Å². The highest BCUT2D eigenvalue weighted by Gasteiger charge is 2.55. The van der Waals surface area contributed by atoms with Crippen LogP contribution in [0.1, 0.15) is 30.4 Å². The van der Waals surface area contributed by atoms with Gasteiger partial charge in [0.25, 0.3) is 0 Å². The van der Waals surface area contributed by atoms with Crippen LogP contribution in [0.25, 0.3) is 0 Å². The van der Waals surface area contributed by atoms with Gasteiger partial charge in [0, 0.05) is 6.20 Å². The van der Waals surface area contributed by atoms with Crippen LogP contribution in [0.2, 0.25) is 0 Å². The van der Waals surface area contributed by atoms with Gasteiger partial charge in [-0.2, -0.15) is 0 Å². The average molecular weight is 453 g/mol. The van der Waals surface area contributed by atoms with E-state index in [2.05, 4.69) is 10.3 Å². The monoisotopic (exact) mass is 452 g/mol. The van der Waals surface area contributed by atoms with E-state index in [1.165, 1.54) is 7.11 Å². The van der Waals surface area contributed by atoms with Gasteiger partial charge in [-0.3, -0.25) is 4.79 Å². The van der Waals surface area contributed by atoms with E-state index in [0.29, 0.717) is 12.4 Å². The lowest BCUT2D eigenvalue weighted by Crippen LogP contribution is -2.69. The van der Waals surface area contributed by atoms with Gasteiger partial charge < -0.3 is 20.5 Å². The molecule has 1 aromatic carbocycles. The molecule has 1 saturated heterocycles. The van der Waals surface area contributed by atoms with E-state index in [1.54, 1.807) is 18.3 Å². The second kappa shape index (κ2) is 9.99. The highest BCUT2D eigenvalue weighted by atomic mass is 16.5. The maximum Gasteiger partial charge on any atom is 0.329 e. The predicted molar refractivity (Wildman–Crippen MR) is 120 cm³/mol. The Morgan fingerprint density at radius 3 is 2.70 bits per heavy atom. The summed E-state index contributed by atoms with van der Waals surface area (Å²) >= 11 is 0. The van der Waals surface area contributed by atoms with Gasteiger partial charge in [0.2, 0.25) is 5.91 Å². The molecular weight excluding hydrogens is 424 g/mol. The predicted octanol–water partition coefficient (Wildman–Crippen LogP) is 2.05. The van der Waals surface area contributed by atoms with Gasteiger partial charge in [-0.1, -0.05) is 30.3 Å². The minimum Gasteiger partial charge on any atom is -0.467 e. The SMILES string of the molecule is COC(=O)[C@@H]1[C@@H](Cc2ccnc(N)c2)C(=O)N1C(=O)N[C@@H]1CCC[C@H]1OCc1ccccc1. The molecule has 2 aromatic rings. The number of hydrogen-bond acceptors (Lipinski definition) is 7. The molecule has 2 heterocycles. The smallest absolute Gasteiger partial charge is 0.329 e. The molecule has 0 radical (unpaired) electrons. The molecule has 1 aliphatic heterocycles. The number of amides is 3. The number of hydrogen-bond donors (Lipinski definition) is 2. The van der Waals surface area contributed by atoms with E-state index >= 15 is 0 Å². The standard InChI is InChI=1S/C24H28N4O5/c1-32-23(30)21-17(12-16-10-11-26-20(25)13-16)22(29)28(21)24(31)27-18-8-5-9-19(18)33-14-15-6-3-2-4-7-15/h2-4,6-7,10-11,13,17-19,21H,5,8-9,12,14H2,1H3,(H2,25,26)(H,27,31)/t17-,18-,19-,21+/m1/s1. The number of β-lactam (4-membered cyclic amide) rings is 1. The number of methoxy groups -OCH3 is 1. The number of nitrogens with one attached hydrogen (secondary N) is 1. The first-order chi connectivity index (χ1) is 16.0. The number of pyridine rings is 1. The molecule has 0 bridgehead atoms. The molecule has 1 aromatic heterocycles. The lowest BCUT2D eigenvalue weighted by Gasteiger charge is -2.44. The van der Waals surface area contributed by atoms with Gasteiger partial charge >= 0.3 is 12.0 Å². The average Bonchev–Trinajstić information content (AvgIpc) is 3.26. The van der Waals surface area contributed by atoms with E-state index in [4.69, 9.17) is 15.2 Å². The third-order valence-corrected chi connectivity index (χ3v) is 6.24. The minimum absolute atomic E-state index is 0.155. The maximum absolute atomic E-state index is 13.0. The van der Waals surface area contributed by atoms with Gasteiger partial charge in [0.15, 0.2) is 6.04 Å². The van der Waals surface area contributed by atoms with Crippen molar-refractivity contribution >= 4 is 23.7 Å². The zero-order chi connectivity index (χ0) is 23.4. The number of nitrogens with two attached hydrogens (primary N) is 1. The number of urea groups is 1. The van der Waals surface area contributed by atoms with E-state index in [9.17, 15) is 14.4 Å². The molecule has 4 rings (SSSR count). The highest BCUT2D eigenvalue weighted by molar-refractivity contribution is 6.08. The van der Waals surface area contributed by atoms with Crippen LogP contribution < -0.4 is 11.1 Å². The van der Waals surface area contributed by atoms with E-state index in [-0.39, 0.29) is 18.6 Å². The third-order valence-electron chi connectivity index (χ3n) is 6.24. The number of carbonyl (C=O) groups is 3. The summed E-state index contributed by atoms with van der Waals surface area (Å²) in [6, 6.07) is 11.4. The Bertz CT molecular complexity index is 1010. The van der Waals surface area contributed by atoms with Crippen molar-refractivity contribution in [3.8, 4) is 0 Å². The first kappa shape index (κ1) is 22.7. The maximum atomic E-state index is 13.0. The summed E-state index contributed by atoms with van der Waals surface area (Å²) in [7, 11) is 1.24. The second-order valence-corrected chi connectivity index (χ2v) is 8.40. The van der Waals surface area contributed by atoms with Crippen molar-refractivity contribution < 1.29 is 23.9 Å². The Morgan fingerprint density at radius 1 is 1.18 bits per heavy atom. The Morgan fingerprint density at radius 2 is 1.97 bits per heavy atom. The number of benzene rings is 1. The summed E-state index contributed by atoms with van der Waals surface area (Å²) in [5.41, 5.74) is 7.53. The number of rotatable bonds is 7. The van der Waals surface area contributed by atoms with Crippen molar-refractivity contribution in [3.05, 3.63) is 59.8 Å². The van der Waals surface area contributed by atoms with Crippen molar-refractivity contribution in [2.24, 2.45) is 5.92 Å². The molecule has 9 nitrogen and oxygen atoms in total. The Labute approximate surface area is 192 Å². The van der Waals surface area contributed by atoms with Crippen molar-refractivity contribution in [1.29, 1.82) is 0 Å². The molecule has 0 unspecified atom stereocenters. The quantitative estimate of drug-likeness (QED) is 0.487. The minimum atomic E-state index is -0.984. The molecule has 2 fully saturated rings. The Hall–Kier alpha value is -3.46. The van der Waals surface area contributed by atoms with Crippen molar-refractivity contribution in [2.45, 2.75) is 50.5 Å². The zero-order valence-corrected chi connectivity index (χ0v) is 18.5. The molecule has 4 atom stereocenters. The Kier molecular flexibility index (Phi) is 6.88. The number of esters is 1. The fourth-order valence-corrected chi connectivity index (χ4v) is 4.54. The van der Waals surface area contributed by atoms with Crippen LogP contribution >= 0.6 is 0 Å². The molecule has 174 valence electrons. The van der Waals surface area contributed by atoms with Crippen LogP contribution in [0.4, 0.5) is 10.6 Å². The van der Waals surface area contributed by atoms with Gasteiger partial charge in [0.05, 0.1) is 31.8 Å². The number of nitrogen functional groups attached to an aromatic ring is 1. The summed E-state index contributed by atoms with van der Waals surface area (Å²) in [5.74, 6) is -1.41. The van der Waals surface area contributed by atoms with E-state index < -0.39 is 29.9 Å². The fraction of sp³-hybridized carbons (Fsp3) is 0.417. The number of aromatic nitrogens is 1. The summed E-state index contributed by atoms with van der Waals surface area (Å²) in [6.07, 6.45) is 4.12. The first-order valence-corrected chi connectivity index (χ1v) is 11.0. The number of likely N-dealkylation sites (tertiary alicyclic amines) is 1. The molecule has 33 heavy (non-hydrogen) atoms. The van der Waals surface area contributed by atoms with Crippen LogP contribution in [-0.2, 0) is 32.1 Å². The number of imide groups is 1. The van der Waals surface area contributed by atoms with Gasteiger partial charge in [-0.05, 0) is 48.9 Å². The molecular formula is C24H28N4O5. The van der Waals surface area contributed by atoms with Crippen molar-refractivity contribution in [3.63, 3.8) is 0 Å². The van der Waals surface area contributed by atoms with Gasteiger partial charge in [0.1, 0.15) is 5.82 Å². The Balaban J connectivity index is 1.39. The lowest BCUT2D eigenvalue weighted by molar-refractivity contribution is -0.167. The summed E-state index contributed by atoms with van der Waals surface area (Å²) < 4.78 is 10.9. The normalized spacial score (nSPS) is 24.3. The largest absolute Gasteiger partial charge is 0.467 e. The molecule has 1 aliphatic carbocycles. The molecule has 1 saturated carbocycles. The highest BCUT2D eigenvalue weighted by Crippen LogP contribution is 2.32. The van der Waals surface area contributed by atoms with Crippen LogP contribution in [-0.4, -0.2) is 53.1 Å². The van der Waals surface area contributed by atoms with Gasteiger partial charge in [-0.25, -0.2) is 19.5 Å². The topological polar surface area (TPSA) is 124 Å². The summed E-state index contributed by atoms with van der Waals surface area (Å²) in [4.78, 5) is 43.2.